The number of nitrogens with one attached hydrogen (secondary N) is 2. The summed E-state index contributed by atoms with van der Waals surface area (Å²) in [6, 6.07) is 23.1. The van der Waals surface area contributed by atoms with Crippen LogP contribution in [-0.4, -0.2) is 41.5 Å². The van der Waals surface area contributed by atoms with Crippen molar-refractivity contribution in [3.05, 3.63) is 89.5 Å². The molecule has 0 spiro atoms. The summed E-state index contributed by atoms with van der Waals surface area (Å²) in [7, 11) is 0. The van der Waals surface area contributed by atoms with Gasteiger partial charge in [0.1, 0.15) is 0 Å². The highest BCUT2D eigenvalue weighted by Gasteiger charge is 2.32. The fourth-order valence-electron chi connectivity index (χ4n) is 4.09. The molecule has 1 aliphatic carbocycles. The smallest absolute Gasteiger partial charge is 0.251 e. The van der Waals surface area contributed by atoms with Crippen LogP contribution in [0.3, 0.4) is 0 Å². The molecule has 0 fully saturated rings. The summed E-state index contributed by atoms with van der Waals surface area (Å²) in [6.45, 7) is 2.81. The van der Waals surface area contributed by atoms with Gasteiger partial charge in [0.15, 0.2) is 0 Å². The molecule has 170 valence electrons. The van der Waals surface area contributed by atoms with Crippen molar-refractivity contribution in [3.8, 4) is 11.1 Å². The summed E-state index contributed by atoms with van der Waals surface area (Å²) in [5.74, 6) is 1.67. The molecule has 1 aliphatic rings. The summed E-state index contributed by atoms with van der Waals surface area (Å²) in [6.07, 6.45) is 1.93. The number of aliphatic hydroxyl groups excluding tert-OH is 1. The molecule has 0 saturated heterocycles. The third-order valence-corrected chi connectivity index (χ3v) is 6.42. The van der Waals surface area contributed by atoms with Crippen LogP contribution in [-0.2, 0) is 6.42 Å². The molecule has 4 rings (SSSR count). The molecule has 0 radical (unpaired) electrons. The zero-order valence-corrected chi connectivity index (χ0v) is 19.7. The van der Waals surface area contributed by atoms with Crippen LogP contribution in [0.5, 0.6) is 0 Å². The summed E-state index contributed by atoms with van der Waals surface area (Å²) in [5, 5.41) is 17.0. The number of carbonyl (C=O) groups excluding carboxylic acids is 1. The van der Waals surface area contributed by atoms with Crippen LogP contribution < -0.4 is 10.6 Å². The lowest BCUT2D eigenvalue weighted by Crippen LogP contribution is -2.33. The van der Waals surface area contributed by atoms with Gasteiger partial charge in [0, 0.05) is 24.3 Å². The van der Waals surface area contributed by atoms with E-state index in [0.717, 1.165) is 46.1 Å². The fraction of sp³-hybridized carbons (Fsp3) is 0.259. The number of nitrogens with zero attached hydrogens (tertiary/aromatic N) is 1. The van der Waals surface area contributed by atoms with Gasteiger partial charge in [0.25, 0.3) is 5.91 Å². The van der Waals surface area contributed by atoms with Gasteiger partial charge in [-0.25, -0.2) is 4.99 Å². The van der Waals surface area contributed by atoms with E-state index in [1.54, 1.807) is 11.8 Å². The predicted octanol–water partition coefficient (Wildman–Crippen LogP) is 4.74. The van der Waals surface area contributed by atoms with Crippen molar-refractivity contribution >= 4 is 29.2 Å². The number of benzene rings is 3. The van der Waals surface area contributed by atoms with E-state index in [0.29, 0.717) is 12.0 Å². The molecular weight excluding hydrogens is 430 g/mol. The normalized spacial score (nSPS) is 17.5. The molecule has 1 amide bonds. The van der Waals surface area contributed by atoms with Crippen molar-refractivity contribution in [2.24, 2.45) is 4.99 Å². The van der Waals surface area contributed by atoms with Crippen molar-refractivity contribution in [2.45, 2.75) is 25.5 Å². The average molecular weight is 460 g/mol. The van der Waals surface area contributed by atoms with Gasteiger partial charge in [-0.3, -0.25) is 4.79 Å². The van der Waals surface area contributed by atoms with Gasteiger partial charge in [0.05, 0.1) is 23.7 Å². The maximum absolute atomic E-state index is 13.0. The zero-order chi connectivity index (χ0) is 23.2. The van der Waals surface area contributed by atoms with Crippen LogP contribution in [0.25, 0.3) is 11.1 Å². The summed E-state index contributed by atoms with van der Waals surface area (Å²) < 4.78 is 0. The highest BCUT2D eigenvalue weighted by atomic mass is 32.2. The molecule has 3 N–H and O–H groups in total. The van der Waals surface area contributed by atoms with E-state index in [1.807, 2.05) is 79.7 Å². The first kappa shape index (κ1) is 23.1. The molecule has 0 heterocycles. The fourth-order valence-corrected chi connectivity index (χ4v) is 4.39. The van der Waals surface area contributed by atoms with Crippen LogP contribution in [0.4, 0.5) is 5.69 Å². The lowest BCUT2D eigenvalue weighted by Gasteiger charge is -2.18. The van der Waals surface area contributed by atoms with Gasteiger partial charge >= 0.3 is 0 Å². The first-order chi connectivity index (χ1) is 16.0. The Kier molecular flexibility index (Phi) is 7.47. The van der Waals surface area contributed by atoms with Gasteiger partial charge in [0.2, 0.25) is 0 Å². The summed E-state index contributed by atoms with van der Waals surface area (Å²) in [4.78, 5) is 17.6. The summed E-state index contributed by atoms with van der Waals surface area (Å²) >= 11 is 1.78. The zero-order valence-electron chi connectivity index (χ0n) is 18.9. The van der Waals surface area contributed by atoms with Crippen molar-refractivity contribution in [3.63, 3.8) is 0 Å². The Labute approximate surface area is 199 Å². The molecule has 3 aromatic carbocycles. The molecule has 33 heavy (non-hydrogen) atoms. The Bertz CT molecular complexity index is 1130. The standard InChI is InChI=1S/C27H29N3O2S/c1-18(28-14-15-33-2)29-23-13-12-22-16-25(31)26(24(22)17-23)30-27(32)21-10-8-20(9-11-21)19-6-4-3-5-7-19/h3-13,17,25-26,31H,14-16H2,1-2H3,(H,28,29)(H,30,32)/t25-,26-/m1/s1. The molecule has 0 unspecified atom stereocenters. The molecule has 5 nitrogen and oxygen atoms in total. The van der Waals surface area contributed by atoms with E-state index in [4.69, 9.17) is 0 Å². The number of hydrogen-bond acceptors (Lipinski definition) is 4. The SMILES string of the molecule is CSCCN/C(C)=N/c1ccc2c(c1)[C@@H](NC(=O)c1ccc(-c3ccccc3)cc1)[C@H](O)C2. The number of amides is 1. The highest BCUT2D eigenvalue weighted by Crippen LogP contribution is 2.34. The second-order valence-corrected chi connectivity index (χ2v) is 9.15. The van der Waals surface area contributed by atoms with Crippen LogP contribution in [0.1, 0.15) is 34.5 Å². The van der Waals surface area contributed by atoms with Gasteiger partial charge < -0.3 is 15.7 Å². The molecule has 3 aromatic rings. The number of aliphatic imine (C=N–C) groups is 1. The monoisotopic (exact) mass is 459 g/mol. The minimum Gasteiger partial charge on any atom is -0.390 e. The number of carbonyl (C=O) groups is 1. The maximum atomic E-state index is 13.0. The lowest BCUT2D eigenvalue weighted by molar-refractivity contribution is 0.0858. The second-order valence-electron chi connectivity index (χ2n) is 8.17. The van der Waals surface area contributed by atoms with Crippen molar-refractivity contribution in [1.29, 1.82) is 0 Å². The van der Waals surface area contributed by atoms with E-state index in [9.17, 15) is 9.90 Å². The van der Waals surface area contributed by atoms with E-state index in [-0.39, 0.29) is 5.91 Å². The predicted molar refractivity (Wildman–Crippen MR) is 137 cm³/mol. The second kappa shape index (κ2) is 10.7. The maximum Gasteiger partial charge on any atom is 0.251 e. The number of fused-ring (bicyclic) bond motifs is 1. The minimum atomic E-state index is -0.660. The van der Waals surface area contributed by atoms with E-state index >= 15 is 0 Å². The van der Waals surface area contributed by atoms with Gasteiger partial charge in [-0.15, -0.1) is 0 Å². The molecule has 6 heteroatoms. The third kappa shape index (κ3) is 5.64. The Balaban J connectivity index is 1.48. The quantitative estimate of drug-likeness (QED) is 0.271. The van der Waals surface area contributed by atoms with Crippen LogP contribution in [0.15, 0.2) is 77.8 Å². The number of rotatable bonds is 7. The Morgan fingerprint density at radius 3 is 2.52 bits per heavy atom. The Morgan fingerprint density at radius 2 is 1.79 bits per heavy atom. The van der Waals surface area contributed by atoms with E-state index < -0.39 is 12.1 Å². The molecule has 0 aliphatic heterocycles. The minimum absolute atomic E-state index is 0.199. The summed E-state index contributed by atoms with van der Waals surface area (Å²) in [5.41, 5.74) is 5.51. The van der Waals surface area contributed by atoms with Gasteiger partial charge in [-0.1, -0.05) is 48.5 Å². The average Bonchev–Trinajstić information content (AvgIpc) is 3.14. The topological polar surface area (TPSA) is 73.7 Å². The number of aliphatic hydroxyl groups is 1. The number of hydrogen-bond donors (Lipinski definition) is 3. The molecule has 0 bridgehead atoms. The highest BCUT2D eigenvalue weighted by molar-refractivity contribution is 7.98. The van der Waals surface area contributed by atoms with Crippen molar-refractivity contribution < 1.29 is 9.90 Å². The van der Waals surface area contributed by atoms with Crippen LogP contribution in [0.2, 0.25) is 0 Å². The Morgan fingerprint density at radius 1 is 1.06 bits per heavy atom. The van der Waals surface area contributed by atoms with E-state index in [2.05, 4.69) is 21.9 Å². The largest absolute Gasteiger partial charge is 0.390 e. The Hall–Kier alpha value is -3.09. The molecule has 2 atom stereocenters. The molecule has 0 aromatic heterocycles. The van der Waals surface area contributed by atoms with Gasteiger partial charge in [-0.05, 0) is 59.7 Å². The first-order valence-electron chi connectivity index (χ1n) is 11.1. The number of thioether (sulfide) groups is 1. The van der Waals surface area contributed by atoms with Crippen LogP contribution in [0, 0.1) is 0 Å². The number of amidine groups is 1. The van der Waals surface area contributed by atoms with E-state index in [1.165, 1.54) is 0 Å². The molecule has 0 saturated carbocycles. The van der Waals surface area contributed by atoms with Crippen molar-refractivity contribution in [1.82, 2.24) is 10.6 Å². The van der Waals surface area contributed by atoms with Gasteiger partial charge in [-0.2, -0.15) is 11.8 Å². The van der Waals surface area contributed by atoms with Crippen molar-refractivity contribution in [2.75, 3.05) is 18.6 Å². The lowest BCUT2D eigenvalue weighted by atomic mass is 10.0. The molecular formula is C27H29N3O2S. The van der Waals surface area contributed by atoms with Crippen LogP contribution >= 0.6 is 11.8 Å². The first-order valence-corrected chi connectivity index (χ1v) is 12.5. The third-order valence-electron chi connectivity index (χ3n) is 5.80.